The third-order valence-corrected chi connectivity index (χ3v) is 5.96. The summed E-state index contributed by atoms with van der Waals surface area (Å²) in [5.74, 6) is -0.420. The van der Waals surface area contributed by atoms with E-state index in [1.807, 2.05) is 25.1 Å². The minimum absolute atomic E-state index is 0.150. The van der Waals surface area contributed by atoms with Crippen molar-refractivity contribution in [3.63, 3.8) is 0 Å². The molecule has 0 atom stereocenters. The van der Waals surface area contributed by atoms with Gasteiger partial charge in [-0.2, -0.15) is 0 Å². The number of aromatic nitrogens is 1. The second-order valence-corrected chi connectivity index (χ2v) is 8.79. The number of nitrogens with one attached hydrogen (secondary N) is 2. The van der Waals surface area contributed by atoms with Gasteiger partial charge in [0.05, 0.1) is 10.0 Å². The van der Waals surface area contributed by atoms with Crippen LogP contribution in [0.2, 0.25) is 8.67 Å². The van der Waals surface area contributed by atoms with Gasteiger partial charge in [0.15, 0.2) is 5.13 Å². The van der Waals surface area contributed by atoms with Crippen molar-refractivity contribution in [3.05, 3.63) is 55.5 Å². The molecule has 0 aliphatic heterocycles. The molecule has 0 aliphatic carbocycles. The molecule has 2 heterocycles. The number of hydrogen-bond acceptors (Lipinski definition) is 5. The number of hydrogen-bond donors (Lipinski definition) is 2. The number of carbonyl (C=O) groups is 2. The SMILES string of the molecule is Cc1ccccc1C(=O)NCCC(=O)Nc1nc(-c2cc(Cl)sc2Cl)cs1. The smallest absolute Gasteiger partial charge is 0.251 e. The van der Waals surface area contributed by atoms with Crippen molar-refractivity contribution in [2.45, 2.75) is 13.3 Å². The molecule has 0 radical (unpaired) electrons. The van der Waals surface area contributed by atoms with E-state index in [2.05, 4.69) is 15.6 Å². The van der Waals surface area contributed by atoms with E-state index in [-0.39, 0.29) is 24.8 Å². The number of anilines is 1. The van der Waals surface area contributed by atoms with Crippen LogP contribution in [0.25, 0.3) is 11.3 Å². The quantitative estimate of drug-likeness (QED) is 0.550. The third-order valence-electron chi connectivity index (χ3n) is 3.71. The highest BCUT2D eigenvalue weighted by atomic mass is 35.5. The van der Waals surface area contributed by atoms with Crippen LogP contribution in [0.5, 0.6) is 0 Å². The molecule has 0 unspecified atom stereocenters. The number of amides is 2. The minimum atomic E-state index is -0.226. The van der Waals surface area contributed by atoms with Crippen molar-refractivity contribution in [2.24, 2.45) is 0 Å². The summed E-state index contributed by atoms with van der Waals surface area (Å²) >= 11 is 14.6. The number of thiazole rings is 1. The molecule has 3 aromatic rings. The predicted octanol–water partition coefficient (Wildman–Crippen LogP) is 5.25. The fraction of sp³-hybridized carbons (Fsp3) is 0.167. The van der Waals surface area contributed by atoms with Crippen molar-refractivity contribution in [2.75, 3.05) is 11.9 Å². The van der Waals surface area contributed by atoms with Crippen molar-refractivity contribution < 1.29 is 9.59 Å². The van der Waals surface area contributed by atoms with Crippen molar-refractivity contribution in [3.8, 4) is 11.3 Å². The second kappa shape index (κ2) is 8.84. The number of thiophene rings is 1. The van der Waals surface area contributed by atoms with Gasteiger partial charge < -0.3 is 10.6 Å². The summed E-state index contributed by atoms with van der Waals surface area (Å²) in [5, 5.41) is 7.75. The molecule has 0 bridgehead atoms. The molecule has 0 saturated heterocycles. The van der Waals surface area contributed by atoms with Gasteiger partial charge in [-0.15, -0.1) is 22.7 Å². The van der Waals surface area contributed by atoms with Crippen LogP contribution in [0.4, 0.5) is 5.13 Å². The normalized spacial score (nSPS) is 10.6. The summed E-state index contributed by atoms with van der Waals surface area (Å²) in [4.78, 5) is 28.6. The van der Waals surface area contributed by atoms with E-state index >= 15 is 0 Å². The average molecular weight is 440 g/mol. The third kappa shape index (κ3) is 5.07. The molecule has 0 fully saturated rings. The number of benzene rings is 1. The number of carbonyl (C=O) groups excluding carboxylic acids is 2. The molecule has 2 aromatic heterocycles. The van der Waals surface area contributed by atoms with Crippen LogP contribution in [0.3, 0.4) is 0 Å². The van der Waals surface area contributed by atoms with Crippen molar-refractivity contribution in [1.82, 2.24) is 10.3 Å². The number of nitrogens with zero attached hydrogens (tertiary/aromatic N) is 1. The molecular formula is C18H15Cl2N3O2S2. The molecule has 0 saturated carbocycles. The van der Waals surface area contributed by atoms with Gasteiger partial charge in [0.2, 0.25) is 5.91 Å². The zero-order valence-corrected chi connectivity index (χ0v) is 17.4. The van der Waals surface area contributed by atoms with Gasteiger partial charge in [0.25, 0.3) is 5.91 Å². The Balaban J connectivity index is 1.51. The lowest BCUT2D eigenvalue weighted by Crippen LogP contribution is -2.28. The standard InChI is InChI=1S/C18H15Cl2N3O2S2/c1-10-4-2-3-5-11(10)17(25)21-7-6-15(24)23-18-22-13(9-26-18)12-8-14(19)27-16(12)20/h2-5,8-9H,6-7H2,1H3,(H,21,25)(H,22,23,24). The highest BCUT2D eigenvalue weighted by Gasteiger charge is 2.14. The van der Waals surface area contributed by atoms with Gasteiger partial charge in [-0.05, 0) is 24.6 Å². The Bertz CT molecular complexity index is 985. The van der Waals surface area contributed by atoms with Crippen LogP contribution in [-0.4, -0.2) is 23.3 Å². The second-order valence-electron chi connectivity index (χ2n) is 5.64. The first kappa shape index (κ1) is 19.8. The fourth-order valence-corrected chi connectivity index (χ4v) is 4.57. The van der Waals surface area contributed by atoms with E-state index in [0.29, 0.717) is 25.1 Å². The molecular weight excluding hydrogens is 425 g/mol. The van der Waals surface area contributed by atoms with Gasteiger partial charge in [-0.3, -0.25) is 9.59 Å². The first-order valence-electron chi connectivity index (χ1n) is 7.98. The monoisotopic (exact) mass is 439 g/mol. The lowest BCUT2D eigenvalue weighted by molar-refractivity contribution is -0.116. The largest absolute Gasteiger partial charge is 0.352 e. The van der Waals surface area contributed by atoms with E-state index < -0.39 is 0 Å². The molecule has 2 amide bonds. The summed E-state index contributed by atoms with van der Waals surface area (Å²) in [5.41, 5.74) is 2.90. The first-order chi connectivity index (χ1) is 12.9. The Kier molecular flexibility index (Phi) is 6.49. The summed E-state index contributed by atoms with van der Waals surface area (Å²) in [7, 11) is 0. The Morgan fingerprint density at radius 1 is 1.22 bits per heavy atom. The van der Waals surface area contributed by atoms with E-state index in [1.165, 1.54) is 22.7 Å². The molecule has 140 valence electrons. The molecule has 5 nitrogen and oxygen atoms in total. The number of aryl methyl sites for hydroxylation is 1. The number of halogens is 2. The summed E-state index contributed by atoms with van der Waals surface area (Å²) in [6.45, 7) is 2.11. The Labute approximate surface area is 174 Å². The topological polar surface area (TPSA) is 71.1 Å². The van der Waals surface area contributed by atoms with Gasteiger partial charge in [-0.25, -0.2) is 4.98 Å². The maximum atomic E-state index is 12.1. The minimum Gasteiger partial charge on any atom is -0.352 e. The van der Waals surface area contributed by atoms with Crippen molar-refractivity contribution in [1.29, 1.82) is 0 Å². The fourth-order valence-electron chi connectivity index (χ4n) is 2.36. The van der Waals surface area contributed by atoms with Crippen LogP contribution in [0.15, 0.2) is 35.7 Å². The first-order valence-corrected chi connectivity index (χ1v) is 10.4. The molecule has 3 rings (SSSR count). The molecule has 9 heteroatoms. The van der Waals surface area contributed by atoms with Gasteiger partial charge in [0.1, 0.15) is 4.34 Å². The van der Waals surface area contributed by atoms with E-state index in [1.54, 1.807) is 17.5 Å². The van der Waals surface area contributed by atoms with E-state index in [9.17, 15) is 9.59 Å². The average Bonchev–Trinajstić information content (AvgIpc) is 3.20. The zero-order valence-electron chi connectivity index (χ0n) is 14.2. The van der Waals surface area contributed by atoms with Crippen LogP contribution < -0.4 is 10.6 Å². The van der Waals surface area contributed by atoms with Crippen LogP contribution in [0.1, 0.15) is 22.3 Å². The predicted molar refractivity (Wildman–Crippen MR) is 112 cm³/mol. The summed E-state index contributed by atoms with van der Waals surface area (Å²) in [6.07, 6.45) is 0.150. The maximum Gasteiger partial charge on any atom is 0.251 e. The molecule has 0 aliphatic rings. The lowest BCUT2D eigenvalue weighted by Gasteiger charge is -2.07. The maximum absolute atomic E-state index is 12.1. The van der Waals surface area contributed by atoms with E-state index in [4.69, 9.17) is 23.2 Å². The Hall–Kier alpha value is -1.93. The Morgan fingerprint density at radius 2 is 2.00 bits per heavy atom. The van der Waals surface area contributed by atoms with Crippen molar-refractivity contribution >= 4 is 62.8 Å². The van der Waals surface area contributed by atoms with Gasteiger partial charge >= 0.3 is 0 Å². The number of rotatable bonds is 6. The Morgan fingerprint density at radius 3 is 2.70 bits per heavy atom. The highest BCUT2D eigenvalue weighted by Crippen LogP contribution is 2.38. The summed E-state index contributed by atoms with van der Waals surface area (Å²) < 4.78 is 1.14. The lowest BCUT2D eigenvalue weighted by atomic mass is 10.1. The molecule has 27 heavy (non-hydrogen) atoms. The zero-order chi connectivity index (χ0) is 19.4. The van der Waals surface area contributed by atoms with Crippen LogP contribution >= 0.6 is 45.9 Å². The summed E-state index contributed by atoms with van der Waals surface area (Å²) in [6, 6.07) is 9.05. The molecule has 0 spiro atoms. The molecule has 1 aromatic carbocycles. The van der Waals surface area contributed by atoms with E-state index in [0.717, 1.165) is 11.1 Å². The van der Waals surface area contributed by atoms with Gasteiger partial charge in [0, 0.05) is 29.5 Å². The molecule has 2 N–H and O–H groups in total. The highest BCUT2D eigenvalue weighted by molar-refractivity contribution is 7.20. The van der Waals surface area contributed by atoms with Crippen LogP contribution in [-0.2, 0) is 4.79 Å². The van der Waals surface area contributed by atoms with Crippen LogP contribution in [0, 0.1) is 6.92 Å². The van der Waals surface area contributed by atoms with Gasteiger partial charge in [-0.1, -0.05) is 41.4 Å².